The van der Waals surface area contributed by atoms with E-state index in [2.05, 4.69) is 0 Å². The second kappa shape index (κ2) is 3.79. The molecule has 0 unspecified atom stereocenters. The van der Waals surface area contributed by atoms with E-state index in [1.54, 1.807) is 6.92 Å². The highest BCUT2D eigenvalue weighted by Gasteiger charge is 2.31. The zero-order chi connectivity index (χ0) is 10.9. The Morgan fingerprint density at radius 2 is 1.93 bits per heavy atom. The lowest BCUT2D eigenvalue weighted by molar-refractivity contribution is -0.137. The van der Waals surface area contributed by atoms with Crippen LogP contribution in [0.25, 0.3) is 0 Å². The lowest BCUT2D eigenvalue weighted by Crippen LogP contribution is -2.10. The Morgan fingerprint density at radius 3 is 2.36 bits per heavy atom. The van der Waals surface area contributed by atoms with Gasteiger partial charge in [0.1, 0.15) is 0 Å². The zero-order valence-electron chi connectivity index (χ0n) is 7.40. The summed E-state index contributed by atoms with van der Waals surface area (Å²) in [6.07, 6.45) is -4.35. The molecule has 14 heavy (non-hydrogen) atoms. The molecular formula is C9H9ClF3N. The van der Waals surface area contributed by atoms with Crippen LogP contribution in [0.1, 0.15) is 24.1 Å². The summed E-state index contributed by atoms with van der Waals surface area (Å²) in [5.41, 5.74) is 5.05. The molecule has 0 amide bonds. The van der Waals surface area contributed by atoms with Crippen molar-refractivity contribution in [2.75, 3.05) is 0 Å². The highest BCUT2D eigenvalue weighted by atomic mass is 35.5. The van der Waals surface area contributed by atoms with Crippen molar-refractivity contribution in [3.05, 3.63) is 34.3 Å². The number of hydrogen-bond donors (Lipinski definition) is 1. The molecule has 0 aliphatic carbocycles. The van der Waals surface area contributed by atoms with Gasteiger partial charge in [-0.2, -0.15) is 13.2 Å². The van der Waals surface area contributed by atoms with Crippen LogP contribution < -0.4 is 5.73 Å². The largest absolute Gasteiger partial charge is 0.416 e. The van der Waals surface area contributed by atoms with Gasteiger partial charge in [0.2, 0.25) is 0 Å². The van der Waals surface area contributed by atoms with Gasteiger partial charge in [0, 0.05) is 11.1 Å². The maximum Gasteiger partial charge on any atom is 0.416 e. The third kappa shape index (κ3) is 2.39. The highest BCUT2D eigenvalue weighted by molar-refractivity contribution is 6.31. The Morgan fingerprint density at radius 1 is 1.36 bits per heavy atom. The van der Waals surface area contributed by atoms with Crippen molar-refractivity contribution in [2.24, 2.45) is 5.73 Å². The van der Waals surface area contributed by atoms with E-state index in [-0.39, 0.29) is 5.02 Å². The van der Waals surface area contributed by atoms with E-state index in [1.807, 2.05) is 0 Å². The van der Waals surface area contributed by atoms with Crippen LogP contribution in [-0.2, 0) is 6.18 Å². The Bertz CT molecular complexity index is 333. The van der Waals surface area contributed by atoms with Gasteiger partial charge in [0.05, 0.1) is 5.56 Å². The van der Waals surface area contributed by atoms with Crippen molar-refractivity contribution in [1.29, 1.82) is 0 Å². The van der Waals surface area contributed by atoms with Crippen molar-refractivity contribution in [2.45, 2.75) is 19.1 Å². The molecule has 0 aliphatic rings. The molecule has 78 valence electrons. The van der Waals surface area contributed by atoms with Crippen molar-refractivity contribution in [3.8, 4) is 0 Å². The van der Waals surface area contributed by atoms with Crippen LogP contribution in [0, 0.1) is 0 Å². The minimum Gasteiger partial charge on any atom is -0.324 e. The average molecular weight is 224 g/mol. The SMILES string of the molecule is C[C@H](N)c1cc(C(F)(F)F)ccc1Cl. The summed E-state index contributed by atoms with van der Waals surface area (Å²) in [7, 11) is 0. The van der Waals surface area contributed by atoms with Crippen molar-refractivity contribution >= 4 is 11.6 Å². The van der Waals surface area contributed by atoms with Crippen LogP contribution in [0.15, 0.2) is 18.2 Å². The van der Waals surface area contributed by atoms with Crippen LogP contribution in [0.3, 0.4) is 0 Å². The molecule has 0 spiro atoms. The minimum absolute atomic E-state index is 0.257. The first-order valence-electron chi connectivity index (χ1n) is 3.94. The van der Waals surface area contributed by atoms with Crippen LogP contribution in [0.2, 0.25) is 5.02 Å². The summed E-state index contributed by atoms with van der Waals surface area (Å²) in [4.78, 5) is 0. The van der Waals surface area contributed by atoms with Crippen molar-refractivity contribution in [1.82, 2.24) is 0 Å². The highest BCUT2D eigenvalue weighted by Crippen LogP contribution is 2.33. The molecule has 1 rings (SSSR count). The summed E-state index contributed by atoms with van der Waals surface area (Å²) in [6.45, 7) is 1.58. The molecule has 0 aliphatic heterocycles. The normalized spacial score (nSPS) is 14.1. The summed E-state index contributed by atoms with van der Waals surface area (Å²) < 4.78 is 36.8. The topological polar surface area (TPSA) is 26.0 Å². The van der Waals surface area contributed by atoms with E-state index < -0.39 is 17.8 Å². The molecule has 2 N–H and O–H groups in total. The van der Waals surface area contributed by atoms with Gasteiger partial charge in [-0.05, 0) is 30.7 Å². The summed E-state index contributed by atoms with van der Waals surface area (Å²) in [6, 6.07) is 2.62. The van der Waals surface area contributed by atoms with E-state index in [0.717, 1.165) is 12.1 Å². The zero-order valence-corrected chi connectivity index (χ0v) is 8.15. The van der Waals surface area contributed by atoms with Gasteiger partial charge in [0.25, 0.3) is 0 Å². The fourth-order valence-corrected chi connectivity index (χ4v) is 1.36. The molecule has 1 nitrogen and oxygen atoms in total. The van der Waals surface area contributed by atoms with Gasteiger partial charge in [-0.3, -0.25) is 0 Å². The molecule has 0 heterocycles. The molecule has 1 aromatic carbocycles. The van der Waals surface area contributed by atoms with Gasteiger partial charge >= 0.3 is 6.18 Å². The number of hydrogen-bond acceptors (Lipinski definition) is 1. The van der Waals surface area contributed by atoms with Gasteiger partial charge in [-0.1, -0.05) is 11.6 Å². The number of nitrogens with two attached hydrogens (primary N) is 1. The molecule has 0 aromatic heterocycles. The molecular weight excluding hydrogens is 215 g/mol. The van der Waals surface area contributed by atoms with E-state index in [1.165, 1.54) is 6.07 Å². The standard InChI is InChI=1S/C9H9ClF3N/c1-5(14)7-4-6(9(11,12)13)2-3-8(7)10/h2-5H,14H2,1H3/t5-/m0/s1. The molecule has 0 fully saturated rings. The van der Waals surface area contributed by atoms with Gasteiger partial charge < -0.3 is 5.73 Å². The minimum atomic E-state index is -4.35. The predicted octanol–water partition coefficient (Wildman–Crippen LogP) is 3.38. The Labute approximate surface area is 84.7 Å². The van der Waals surface area contributed by atoms with Crippen LogP contribution in [-0.4, -0.2) is 0 Å². The van der Waals surface area contributed by atoms with Crippen LogP contribution in [0.4, 0.5) is 13.2 Å². The maximum absolute atomic E-state index is 12.3. The van der Waals surface area contributed by atoms with Gasteiger partial charge in [-0.15, -0.1) is 0 Å². The molecule has 0 bridgehead atoms. The maximum atomic E-state index is 12.3. The van der Waals surface area contributed by atoms with Gasteiger partial charge in [0.15, 0.2) is 0 Å². The second-order valence-corrected chi connectivity index (χ2v) is 3.43. The van der Waals surface area contributed by atoms with E-state index >= 15 is 0 Å². The first kappa shape index (κ1) is 11.3. The quantitative estimate of drug-likeness (QED) is 0.776. The monoisotopic (exact) mass is 223 g/mol. The van der Waals surface area contributed by atoms with Gasteiger partial charge in [-0.25, -0.2) is 0 Å². The number of benzene rings is 1. The van der Waals surface area contributed by atoms with Crippen molar-refractivity contribution < 1.29 is 13.2 Å². The Balaban J connectivity index is 3.20. The summed E-state index contributed by atoms with van der Waals surface area (Å²) in [5.74, 6) is 0. The number of alkyl halides is 3. The predicted molar refractivity (Wildman–Crippen MR) is 49.1 cm³/mol. The molecule has 0 radical (unpaired) electrons. The third-order valence-electron chi connectivity index (χ3n) is 1.81. The van der Waals surface area contributed by atoms with E-state index in [4.69, 9.17) is 17.3 Å². The summed E-state index contributed by atoms with van der Waals surface area (Å²) in [5, 5.41) is 0.257. The smallest absolute Gasteiger partial charge is 0.324 e. The lowest BCUT2D eigenvalue weighted by Gasteiger charge is -2.12. The number of halogens is 4. The van der Waals surface area contributed by atoms with Crippen molar-refractivity contribution in [3.63, 3.8) is 0 Å². The van der Waals surface area contributed by atoms with Crippen LogP contribution in [0.5, 0.6) is 0 Å². The lowest BCUT2D eigenvalue weighted by atomic mass is 10.1. The average Bonchev–Trinajstić information content (AvgIpc) is 2.02. The van der Waals surface area contributed by atoms with E-state index in [9.17, 15) is 13.2 Å². The molecule has 5 heteroatoms. The third-order valence-corrected chi connectivity index (χ3v) is 2.16. The molecule has 1 aromatic rings. The number of rotatable bonds is 1. The van der Waals surface area contributed by atoms with E-state index in [0.29, 0.717) is 5.56 Å². The summed E-state index contributed by atoms with van der Waals surface area (Å²) >= 11 is 5.69. The first-order valence-corrected chi connectivity index (χ1v) is 4.32. The second-order valence-electron chi connectivity index (χ2n) is 3.02. The molecule has 0 saturated carbocycles. The first-order chi connectivity index (χ1) is 6.32. The fraction of sp³-hybridized carbons (Fsp3) is 0.333. The van der Waals surface area contributed by atoms with Crippen LogP contribution >= 0.6 is 11.6 Å². The Kier molecular flexibility index (Phi) is 3.07. The molecule has 0 saturated heterocycles. The Hall–Kier alpha value is -0.740. The molecule has 1 atom stereocenters. The fourth-order valence-electron chi connectivity index (χ4n) is 1.07.